The lowest BCUT2D eigenvalue weighted by Crippen LogP contribution is -2.33. The molecule has 5 nitrogen and oxygen atoms in total. The fourth-order valence-corrected chi connectivity index (χ4v) is 3.97. The molecular weight excluding hydrogens is 426 g/mol. The fraction of sp³-hybridized carbons (Fsp3) is 0.379. The Morgan fingerprint density at radius 3 is 2.18 bits per heavy atom. The Labute approximate surface area is 203 Å². The summed E-state index contributed by atoms with van der Waals surface area (Å²) in [6.45, 7) is 7.31. The second-order valence-corrected chi connectivity index (χ2v) is 8.66. The van der Waals surface area contributed by atoms with Crippen LogP contribution in [-0.2, 0) is 0 Å². The highest BCUT2D eigenvalue weighted by Gasteiger charge is 2.17. The largest absolute Gasteiger partial charge is 0.508 e. The van der Waals surface area contributed by atoms with Gasteiger partial charge in [-0.1, -0.05) is 49.7 Å². The summed E-state index contributed by atoms with van der Waals surface area (Å²) in [5.74, 6) is 3.05. The van der Waals surface area contributed by atoms with Crippen molar-refractivity contribution in [1.82, 2.24) is 4.90 Å². The lowest BCUT2D eigenvalue weighted by atomic mass is 9.95. The maximum Gasteiger partial charge on any atom is 0.123 e. The predicted molar refractivity (Wildman–Crippen MR) is 137 cm³/mol. The summed E-state index contributed by atoms with van der Waals surface area (Å²) in [5.41, 5.74) is 1.13. The third kappa shape index (κ3) is 8.99. The van der Waals surface area contributed by atoms with Crippen molar-refractivity contribution in [2.24, 2.45) is 0 Å². The van der Waals surface area contributed by atoms with Gasteiger partial charge in [0.15, 0.2) is 0 Å². The molecule has 5 heteroatoms. The molecule has 0 bridgehead atoms. The van der Waals surface area contributed by atoms with Crippen molar-refractivity contribution in [3.63, 3.8) is 0 Å². The molecule has 2 N–H and O–H groups in total. The van der Waals surface area contributed by atoms with Gasteiger partial charge in [-0.05, 0) is 80.7 Å². The molecule has 1 fully saturated rings. The van der Waals surface area contributed by atoms with Gasteiger partial charge in [-0.3, -0.25) is 4.90 Å². The second-order valence-electron chi connectivity index (χ2n) is 8.66. The maximum atomic E-state index is 9.25. The Hall–Kier alpha value is -3.18. The van der Waals surface area contributed by atoms with E-state index < -0.39 is 0 Å². The van der Waals surface area contributed by atoms with Gasteiger partial charge in [0.1, 0.15) is 29.6 Å². The van der Waals surface area contributed by atoms with E-state index in [9.17, 15) is 5.11 Å². The van der Waals surface area contributed by atoms with Crippen molar-refractivity contribution in [1.29, 1.82) is 0 Å². The number of rotatable bonds is 4. The van der Waals surface area contributed by atoms with E-state index in [-0.39, 0.29) is 0 Å². The number of para-hydroxylation sites is 2. The number of nitrogens with zero attached hydrogens (tertiary/aromatic N) is 1. The van der Waals surface area contributed by atoms with Crippen molar-refractivity contribution < 1.29 is 19.7 Å². The number of ether oxygens (including phenoxy) is 2. The summed E-state index contributed by atoms with van der Waals surface area (Å²) < 4.78 is 11.1. The number of phenolic OH excluding ortho intramolecular Hbond substituents is 2. The molecule has 1 atom stereocenters. The summed E-state index contributed by atoms with van der Waals surface area (Å²) >= 11 is 0. The van der Waals surface area contributed by atoms with E-state index in [1.807, 2.05) is 42.5 Å². The molecule has 0 unspecified atom stereocenters. The first kappa shape index (κ1) is 25.4. The molecule has 3 aromatic carbocycles. The van der Waals surface area contributed by atoms with Crippen molar-refractivity contribution in [3.8, 4) is 23.0 Å². The van der Waals surface area contributed by atoms with E-state index in [1.54, 1.807) is 36.4 Å². The summed E-state index contributed by atoms with van der Waals surface area (Å²) in [4.78, 5) is 2.49. The van der Waals surface area contributed by atoms with Crippen molar-refractivity contribution in [3.05, 3.63) is 84.4 Å². The zero-order chi connectivity index (χ0) is 24.0. The van der Waals surface area contributed by atoms with Crippen LogP contribution in [-0.4, -0.2) is 48.0 Å². The van der Waals surface area contributed by atoms with Gasteiger partial charge in [0, 0.05) is 12.1 Å². The number of aromatic hydroxyl groups is 2. The molecule has 0 amide bonds. The van der Waals surface area contributed by atoms with Gasteiger partial charge in [0.2, 0.25) is 0 Å². The van der Waals surface area contributed by atoms with E-state index in [2.05, 4.69) is 11.8 Å². The van der Waals surface area contributed by atoms with Crippen LogP contribution in [0.2, 0.25) is 0 Å². The van der Waals surface area contributed by atoms with Gasteiger partial charge in [0.05, 0.1) is 6.61 Å². The fourth-order valence-electron chi connectivity index (χ4n) is 3.97. The highest BCUT2D eigenvalue weighted by atomic mass is 16.5. The topological polar surface area (TPSA) is 62.2 Å². The Kier molecular flexibility index (Phi) is 10.6. The minimum absolute atomic E-state index is 0.322. The Morgan fingerprint density at radius 1 is 0.853 bits per heavy atom. The van der Waals surface area contributed by atoms with Crippen LogP contribution in [0.25, 0.3) is 0 Å². The molecule has 0 aromatic heterocycles. The molecule has 0 radical (unpaired) electrons. The lowest BCUT2D eigenvalue weighted by molar-refractivity contribution is 0.183. The van der Waals surface area contributed by atoms with Crippen LogP contribution in [0.3, 0.4) is 0 Å². The summed E-state index contributed by atoms with van der Waals surface area (Å²) in [5, 5.41) is 17.9. The maximum absolute atomic E-state index is 9.25. The molecule has 182 valence electrons. The number of hydrogen-bond donors (Lipinski definition) is 2. The molecule has 2 heterocycles. The Bertz CT molecular complexity index is 943. The van der Waals surface area contributed by atoms with Gasteiger partial charge < -0.3 is 19.7 Å². The number of benzene rings is 3. The van der Waals surface area contributed by atoms with Gasteiger partial charge in [-0.2, -0.15) is 0 Å². The number of phenols is 2. The molecule has 2 aliphatic rings. The number of fused-ring (bicyclic) bond motifs is 1. The van der Waals surface area contributed by atoms with Gasteiger partial charge >= 0.3 is 0 Å². The monoisotopic (exact) mass is 463 g/mol. The highest BCUT2D eigenvalue weighted by Crippen LogP contribution is 2.35. The second kappa shape index (κ2) is 14.2. The van der Waals surface area contributed by atoms with Gasteiger partial charge in [-0.15, -0.1) is 0 Å². The molecule has 0 saturated carbocycles. The van der Waals surface area contributed by atoms with Crippen LogP contribution in [0.4, 0.5) is 0 Å². The summed E-state index contributed by atoms with van der Waals surface area (Å²) in [6, 6.07) is 24.1. The number of likely N-dealkylation sites (tertiary alicyclic amines) is 1. The zero-order valence-corrected chi connectivity index (χ0v) is 20.1. The minimum atomic E-state index is 0.322. The molecular formula is C29H37NO4. The Morgan fingerprint density at radius 2 is 1.53 bits per heavy atom. The van der Waals surface area contributed by atoms with Crippen molar-refractivity contribution in [2.45, 2.75) is 38.5 Å². The molecule has 3 aromatic rings. The predicted octanol–water partition coefficient (Wildman–Crippen LogP) is 6.22. The average Bonchev–Trinajstić information content (AvgIpc) is 2.87. The van der Waals surface area contributed by atoms with Crippen molar-refractivity contribution in [2.75, 3.05) is 32.8 Å². The minimum Gasteiger partial charge on any atom is -0.508 e. The van der Waals surface area contributed by atoms with Gasteiger partial charge in [0.25, 0.3) is 0 Å². The third-order valence-electron chi connectivity index (χ3n) is 5.96. The molecule has 34 heavy (non-hydrogen) atoms. The first-order chi connectivity index (χ1) is 16.6. The van der Waals surface area contributed by atoms with Crippen LogP contribution >= 0.6 is 0 Å². The van der Waals surface area contributed by atoms with E-state index in [4.69, 9.17) is 14.6 Å². The highest BCUT2D eigenvalue weighted by molar-refractivity contribution is 5.42. The van der Waals surface area contributed by atoms with Gasteiger partial charge in [-0.25, -0.2) is 0 Å². The summed E-state index contributed by atoms with van der Waals surface area (Å²) in [7, 11) is 0. The third-order valence-corrected chi connectivity index (χ3v) is 5.96. The van der Waals surface area contributed by atoms with Crippen LogP contribution in [0.15, 0.2) is 78.9 Å². The number of piperidine rings is 1. The molecule has 1 saturated heterocycles. The number of hydrogen-bond acceptors (Lipinski definition) is 5. The van der Waals surface area contributed by atoms with E-state index in [0.29, 0.717) is 17.4 Å². The van der Waals surface area contributed by atoms with E-state index in [1.165, 1.54) is 32.4 Å². The lowest BCUT2D eigenvalue weighted by Gasteiger charge is -2.26. The SMILES string of the molecule is C[C@H]1CCOc2ccc(O)cc21.Oc1ccccc1.c1ccc(OCCN2CCCCC2)cc1. The van der Waals surface area contributed by atoms with E-state index >= 15 is 0 Å². The van der Waals surface area contributed by atoms with Crippen LogP contribution < -0.4 is 9.47 Å². The van der Waals surface area contributed by atoms with Crippen LogP contribution in [0.1, 0.15) is 44.1 Å². The molecule has 5 rings (SSSR count). The van der Waals surface area contributed by atoms with E-state index in [0.717, 1.165) is 43.2 Å². The molecule has 0 spiro atoms. The van der Waals surface area contributed by atoms with Crippen molar-refractivity contribution >= 4 is 0 Å². The molecule has 0 aliphatic carbocycles. The molecule has 2 aliphatic heterocycles. The average molecular weight is 464 g/mol. The summed E-state index contributed by atoms with van der Waals surface area (Å²) in [6.07, 6.45) is 5.14. The van der Waals surface area contributed by atoms with Crippen LogP contribution in [0.5, 0.6) is 23.0 Å². The quantitative estimate of drug-likeness (QED) is 0.481. The standard InChI is InChI=1S/C13H19NO.C10H12O2.C6H6O/c1-3-7-13(8-4-1)15-12-11-14-9-5-2-6-10-14;1-7-4-5-12-10-3-2-8(11)6-9(7)10;7-6-4-2-1-3-5-6/h1,3-4,7-8H,2,5-6,9-12H2;2-3,6-7,11H,4-5H2,1H3;1-5,7H/t;7-;/m.0./s1. The first-order valence-electron chi connectivity index (χ1n) is 12.2. The normalized spacial score (nSPS) is 17.0. The first-order valence-corrected chi connectivity index (χ1v) is 12.2. The Balaban J connectivity index is 0.000000152. The smallest absolute Gasteiger partial charge is 0.123 e. The zero-order valence-electron chi connectivity index (χ0n) is 20.1. The van der Waals surface area contributed by atoms with Crippen LogP contribution in [0, 0.1) is 0 Å².